The van der Waals surface area contributed by atoms with E-state index in [4.69, 9.17) is 39.4 Å². The normalized spacial score (nSPS) is 19.0. The van der Waals surface area contributed by atoms with Gasteiger partial charge in [0.1, 0.15) is 0 Å². The molecule has 6 heteroatoms. The molecule has 0 atom stereocenters. The van der Waals surface area contributed by atoms with Crippen LogP contribution >= 0.6 is 39.4 Å². The Balaban J connectivity index is 4.16. The Morgan fingerprint density at radius 3 is 1.00 bits per heavy atom. The Hall–Kier alpha value is 1.54. The summed E-state index contributed by atoms with van der Waals surface area (Å²) < 4.78 is 9.92. The molecule has 0 aromatic carbocycles. The van der Waals surface area contributed by atoms with E-state index in [1.807, 2.05) is 0 Å². The van der Waals surface area contributed by atoms with E-state index in [1.165, 1.54) is 0 Å². The molecule has 0 unspecified atom stereocenters. The van der Waals surface area contributed by atoms with Crippen molar-refractivity contribution in [2.75, 3.05) is 0 Å². The molecule has 0 aliphatic carbocycles. The van der Waals surface area contributed by atoms with Crippen LogP contribution in [0.4, 0.5) is 0 Å². The third kappa shape index (κ3) is 48.0. The molecule has 0 rings (SSSR count). The van der Waals surface area contributed by atoms with Gasteiger partial charge in [-0.05, 0) is 0 Å². The fourth-order valence-corrected chi connectivity index (χ4v) is 0. The predicted molar refractivity (Wildman–Crippen MR) is 24.1 cm³/mol. The number of rotatable bonds is 0. The van der Waals surface area contributed by atoms with Crippen molar-refractivity contribution in [1.82, 2.24) is 0 Å². The van der Waals surface area contributed by atoms with E-state index in [-0.39, 0.29) is 0 Å². The molecule has 6 heavy (non-hydrogen) atoms. The van der Waals surface area contributed by atoms with Crippen LogP contribution in [-0.4, -0.2) is 0 Å². The fraction of sp³-hybridized carbons (Fsp3) is 0. The summed E-state index contributed by atoms with van der Waals surface area (Å²) in [6.07, 6.45) is 0. The number of hydrogen-bond donors (Lipinski definition) is 0. The van der Waals surface area contributed by atoms with Crippen molar-refractivity contribution in [2.24, 2.45) is 0 Å². The van der Waals surface area contributed by atoms with E-state index in [2.05, 4.69) is 0 Å². The first-order chi connectivity index (χ1) is 2.24. The summed E-state index contributed by atoms with van der Waals surface area (Å²) in [4.78, 5) is 0. The molecule has 0 saturated carbocycles. The van der Waals surface area contributed by atoms with Gasteiger partial charge in [0.2, 0.25) is 0 Å². The van der Waals surface area contributed by atoms with E-state index >= 15 is 0 Å². The summed E-state index contributed by atoms with van der Waals surface area (Å²) >= 11 is 0. The second-order valence-electron chi connectivity index (χ2n) is 0.659. The van der Waals surface area contributed by atoms with E-state index in [0.29, 0.717) is 0 Å². The molecule has 1 nitrogen and oxygen atoms in total. The van der Waals surface area contributed by atoms with Crippen LogP contribution in [0.5, 0.6) is 0 Å². The maximum atomic E-state index is 9.92. The summed E-state index contributed by atoms with van der Waals surface area (Å²) in [6.45, 7) is 0. The second-order valence-corrected chi connectivity index (χ2v) is 17.6. The average molecular weight is 209 g/mol. The van der Waals surface area contributed by atoms with Crippen LogP contribution in [0.25, 0.3) is 0 Å². The van der Waals surface area contributed by atoms with Gasteiger partial charge in [-0.25, -0.2) is 0 Å². The SMILES string of the molecule is [O]=[V]([Cl])([Cl])([Cl])[Cl]. The zero-order chi connectivity index (χ0) is 5.45. The summed E-state index contributed by atoms with van der Waals surface area (Å²) in [5, 5.41) is 0. The van der Waals surface area contributed by atoms with Crippen LogP contribution in [0, 0.1) is 0 Å². The van der Waals surface area contributed by atoms with Crippen LogP contribution < -0.4 is 0 Å². The first-order valence-electron chi connectivity index (χ1n) is 0.859. The molecule has 0 aliphatic rings. The van der Waals surface area contributed by atoms with Crippen LogP contribution in [0.2, 0.25) is 0 Å². The van der Waals surface area contributed by atoms with Gasteiger partial charge < -0.3 is 0 Å². The third-order valence-electron chi connectivity index (χ3n) is 0. The molecule has 0 heterocycles. The zero-order valence-electron chi connectivity index (χ0n) is 2.37. The summed E-state index contributed by atoms with van der Waals surface area (Å²) in [7, 11) is 14.0. The molecule has 0 aliphatic heterocycles. The third-order valence-corrected chi connectivity index (χ3v) is 0. The van der Waals surface area contributed by atoms with Gasteiger partial charge in [0.05, 0.1) is 0 Å². The average Bonchev–Trinajstić information content (AvgIpc) is 0.650. The number of hydrogen-bond acceptors (Lipinski definition) is 1. The zero-order valence-corrected chi connectivity index (χ0v) is 6.79. The predicted octanol–water partition coefficient (Wildman–Crippen LogP) is 2.64. The summed E-state index contributed by atoms with van der Waals surface area (Å²) in [6, 6.07) is 0. The van der Waals surface area contributed by atoms with Gasteiger partial charge in [-0.3, -0.25) is 0 Å². The summed E-state index contributed by atoms with van der Waals surface area (Å²) in [5.41, 5.74) is 0. The first kappa shape index (κ1) is 7.54. The standard InChI is InChI=1S/4ClH.O.V/h4*1H;;/q;;;;;+4/p-4. The molecule has 0 N–H and O–H groups in total. The Morgan fingerprint density at radius 1 is 1.00 bits per heavy atom. The minimum absolute atomic E-state index is 4.71. The topological polar surface area (TPSA) is 17.1 Å². The van der Waals surface area contributed by atoms with Crippen LogP contribution in [0.3, 0.4) is 0 Å². The van der Waals surface area contributed by atoms with Gasteiger partial charge in [0, 0.05) is 0 Å². The van der Waals surface area contributed by atoms with Crippen molar-refractivity contribution in [3.05, 3.63) is 0 Å². The number of halogens is 4. The van der Waals surface area contributed by atoms with Gasteiger partial charge in [0.15, 0.2) is 0 Å². The monoisotopic (exact) mass is 207 g/mol. The van der Waals surface area contributed by atoms with Crippen molar-refractivity contribution in [3.63, 3.8) is 0 Å². The molecule has 0 radical (unpaired) electrons. The van der Waals surface area contributed by atoms with Gasteiger partial charge in [-0.2, -0.15) is 0 Å². The van der Waals surface area contributed by atoms with Crippen LogP contribution in [-0.2, 0) is 12.7 Å². The molecular weight excluding hydrogens is 209 g/mol. The van der Waals surface area contributed by atoms with Crippen molar-refractivity contribution in [3.8, 4) is 0 Å². The van der Waals surface area contributed by atoms with E-state index in [9.17, 15) is 3.67 Å². The molecule has 0 spiro atoms. The van der Waals surface area contributed by atoms with Crippen molar-refractivity contribution in [2.45, 2.75) is 0 Å². The van der Waals surface area contributed by atoms with E-state index < -0.39 is 9.00 Å². The maximum absolute atomic E-state index is 9.92. The second kappa shape index (κ2) is 1.51. The Labute approximate surface area is 51.9 Å². The molecule has 39 valence electrons. The fourth-order valence-electron chi connectivity index (χ4n) is 0. The van der Waals surface area contributed by atoms with Crippen LogP contribution in [0.15, 0.2) is 0 Å². The Bertz CT molecular complexity index is 85.2. The van der Waals surface area contributed by atoms with E-state index in [1.54, 1.807) is 0 Å². The molecule has 0 aromatic heterocycles. The van der Waals surface area contributed by atoms with Crippen molar-refractivity contribution in [1.29, 1.82) is 0 Å². The van der Waals surface area contributed by atoms with Gasteiger partial charge in [0.25, 0.3) is 0 Å². The van der Waals surface area contributed by atoms with Gasteiger partial charge in [-0.1, -0.05) is 0 Å². The minimum atomic E-state index is -4.85. The molecule has 0 bridgehead atoms. The van der Waals surface area contributed by atoms with Gasteiger partial charge >= 0.3 is 52.1 Å². The molecule has 0 amide bonds. The molecule has 0 saturated heterocycles. The van der Waals surface area contributed by atoms with E-state index in [0.717, 1.165) is 0 Å². The van der Waals surface area contributed by atoms with Crippen LogP contribution in [0.1, 0.15) is 0 Å². The quantitative estimate of drug-likeness (QED) is 0.598. The van der Waals surface area contributed by atoms with Crippen molar-refractivity contribution >= 4 is 39.4 Å². The van der Waals surface area contributed by atoms with Crippen molar-refractivity contribution < 1.29 is 12.7 Å². The molecule has 0 fully saturated rings. The van der Waals surface area contributed by atoms with Gasteiger partial charge in [-0.15, -0.1) is 0 Å². The Morgan fingerprint density at radius 2 is 1.00 bits per heavy atom. The summed E-state index contributed by atoms with van der Waals surface area (Å²) in [5.74, 6) is 0. The molecular formula is Cl4OV. The Kier molecular flexibility index (Phi) is 1.90. The molecule has 0 aromatic rings. The first-order valence-corrected chi connectivity index (χ1v) is 9.12.